The van der Waals surface area contributed by atoms with Crippen LogP contribution in [0.5, 0.6) is 0 Å². The van der Waals surface area contributed by atoms with Crippen LogP contribution in [0.2, 0.25) is 0 Å². The lowest BCUT2D eigenvalue weighted by Crippen LogP contribution is -2.31. The maximum Gasteiger partial charge on any atom is 0.242 e. The van der Waals surface area contributed by atoms with E-state index in [-0.39, 0.29) is 0 Å². The van der Waals surface area contributed by atoms with Crippen LogP contribution in [0.3, 0.4) is 0 Å². The van der Waals surface area contributed by atoms with Crippen LogP contribution >= 0.6 is 11.8 Å². The first-order chi connectivity index (χ1) is 9.83. The fourth-order valence-corrected chi connectivity index (χ4v) is 3.05. The van der Waals surface area contributed by atoms with Gasteiger partial charge >= 0.3 is 0 Å². The van der Waals surface area contributed by atoms with E-state index in [9.17, 15) is 0 Å². The molecule has 6 nitrogen and oxygen atoms in total. The molecule has 0 spiro atoms. The number of rotatable bonds is 7. The molecule has 0 aromatic carbocycles. The molecule has 3 N–H and O–H groups in total. The first-order valence-corrected chi connectivity index (χ1v) is 8.42. The molecule has 0 radical (unpaired) electrons. The number of nitrogens with one attached hydrogen (secondary N) is 1. The minimum Gasteiger partial charge on any atom is -0.341 e. The predicted octanol–water partition coefficient (Wildman–Crippen LogP) is 2.43. The van der Waals surface area contributed by atoms with Gasteiger partial charge in [0.05, 0.1) is 0 Å². The molecular weight excluding hydrogens is 272 g/mol. The maximum atomic E-state index is 5.46. The average molecular weight is 296 g/mol. The molecule has 1 saturated heterocycles. The van der Waals surface area contributed by atoms with E-state index >= 15 is 0 Å². The van der Waals surface area contributed by atoms with Gasteiger partial charge in [-0.3, -0.25) is 5.43 Å². The molecule has 0 atom stereocenters. The first kappa shape index (κ1) is 15.3. The van der Waals surface area contributed by atoms with Gasteiger partial charge in [-0.25, -0.2) is 5.84 Å². The van der Waals surface area contributed by atoms with Crippen molar-refractivity contribution in [3.63, 3.8) is 0 Å². The highest BCUT2D eigenvalue weighted by Gasteiger charge is 2.16. The molecule has 1 fully saturated rings. The van der Waals surface area contributed by atoms with Gasteiger partial charge in [0.15, 0.2) is 5.16 Å². The monoisotopic (exact) mass is 296 g/mol. The Kier molecular flexibility index (Phi) is 6.32. The van der Waals surface area contributed by atoms with Crippen molar-refractivity contribution >= 4 is 23.7 Å². The summed E-state index contributed by atoms with van der Waals surface area (Å²) in [5, 5.41) is 0.768. The molecule has 0 saturated carbocycles. The second-order valence-corrected chi connectivity index (χ2v) is 6.05. The fourth-order valence-electron chi connectivity index (χ4n) is 2.23. The highest BCUT2D eigenvalue weighted by Crippen LogP contribution is 2.21. The van der Waals surface area contributed by atoms with E-state index in [1.165, 1.54) is 38.5 Å². The number of nitrogen functional groups attached to an aromatic ring is 1. The SMILES string of the molecule is CCCCCSc1nc(NN)nc(N2CCCCC2)n1. The number of aromatic nitrogens is 3. The zero-order valence-corrected chi connectivity index (χ0v) is 13.0. The smallest absolute Gasteiger partial charge is 0.242 e. The number of unbranched alkanes of at least 4 members (excludes halogenated alkanes) is 2. The van der Waals surface area contributed by atoms with E-state index < -0.39 is 0 Å². The molecular formula is C13H24N6S. The molecule has 20 heavy (non-hydrogen) atoms. The summed E-state index contributed by atoms with van der Waals surface area (Å²) in [6.45, 7) is 4.25. The molecule has 0 aliphatic carbocycles. The summed E-state index contributed by atoms with van der Waals surface area (Å²) in [7, 11) is 0. The molecule has 1 aromatic rings. The Balaban J connectivity index is 2.03. The molecule has 2 rings (SSSR count). The summed E-state index contributed by atoms with van der Waals surface area (Å²) in [6.07, 6.45) is 7.37. The van der Waals surface area contributed by atoms with Crippen LogP contribution in [-0.4, -0.2) is 33.8 Å². The largest absolute Gasteiger partial charge is 0.341 e. The van der Waals surface area contributed by atoms with E-state index in [4.69, 9.17) is 5.84 Å². The Morgan fingerprint density at radius 1 is 1.15 bits per heavy atom. The van der Waals surface area contributed by atoms with Crippen molar-refractivity contribution in [3.8, 4) is 0 Å². The molecule has 1 aliphatic heterocycles. The molecule has 0 bridgehead atoms. The summed E-state index contributed by atoms with van der Waals surface area (Å²) in [5.74, 6) is 7.72. The lowest BCUT2D eigenvalue weighted by molar-refractivity contribution is 0.565. The summed E-state index contributed by atoms with van der Waals surface area (Å²) in [5.41, 5.74) is 2.55. The number of thioether (sulfide) groups is 1. The molecule has 1 aromatic heterocycles. The maximum absolute atomic E-state index is 5.46. The molecule has 0 amide bonds. The number of nitrogens with zero attached hydrogens (tertiary/aromatic N) is 4. The van der Waals surface area contributed by atoms with Gasteiger partial charge < -0.3 is 4.90 Å². The molecule has 112 valence electrons. The first-order valence-electron chi connectivity index (χ1n) is 7.44. The minimum atomic E-state index is 0.457. The van der Waals surface area contributed by atoms with Gasteiger partial charge in [0.1, 0.15) is 0 Å². The zero-order chi connectivity index (χ0) is 14.2. The Morgan fingerprint density at radius 3 is 2.65 bits per heavy atom. The summed E-state index contributed by atoms with van der Waals surface area (Å²) < 4.78 is 0. The molecule has 0 unspecified atom stereocenters. The quantitative estimate of drug-likeness (QED) is 0.346. The highest BCUT2D eigenvalue weighted by atomic mass is 32.2. The molecule has 1 aliphatic rings. The lowest BCUT2D eigenvalue weighted by Gasteiger charge is -2.26. The number of piperidine rings is 1. The van der Waals surface area contributed by atoms with E-state index in [1.54, 1.807) is 11.8 Å². The van der Waals surface area contributed by atoms with E-state index in [2.05, 4.69) is 32.2 Å². The van der Waals surface area contributed by atoms with Gasteiger partial charge in [0.2, 0.25) is 11.9 Å². The summed E-state index contributed by atoms with van der Waals surface area (Å²) >= 11 is 1.68. The standard InChI is InChI=1S/C13H24N6S/c1-2-3-7-10-20-13-16-11(18-14)15-12(17-13)19-8-5-4-6-9-19/h2-10,14H2,1H3,(H,15,16,17,18). The third kappa shape index (κ3) is 4.49. The number of hydrazine groups is 1. The van der Waals surface area contributed by atoms with E-state index in [1.807, 2.05) is 0 Å². The number of hydrogen-bond donors (Lipinski definition) is 2. The normalized spacial score (nSPS) is 15.4. The second-order valence-electron chi connectivity index (χ2n) is 4.99. The lowest BCUT2D eigenvalue weighted by atomic mass is 10.1. The Bertz CT molecular complexity index is 408. The Hall–Kier alpha value is -1.08. The molecule has 2 heterocycles. The highest BCUT2D eigenvalue weighted by molar-refractivity contribution is 7.99. The fraction of sp³-hybridized carbons (Fsp3) is 0.769. The van der Waals surface area contributed by atoms with E-state index in [0.29, 0.717) is 5.95 Å². The second kappa shape index (κ2) is 8.26. The Labute approximate surface area is 124 Å². The van der Waals surface area contributed by atoms with Crippen LogP contribution in [0.1, 0.15) is 45.4 Å². The third-order valence-electron chi connectivity index (χ3n) is 3.35. The summed E-state index contributed by atoms with van der Waals surface area (Å²) in [4.78, 5) is 15.5. The van der Waals surface area contributed by atoms with E-state index in [0.717, 1.165) is 29.9 Å². The van der Waals surface area contributed by atoms with Gasteiger partial charge in [0, 0.05) is 18.8 Å². The van der Waals surface area contributed by atoms with Gasteiger partial charge in [-0.15, -0.1) is 0 Å². The van der Waals surface area contributed by atoms with Crippen molar-refractivity contribution in [3.05, 3.63) is 0 Å². The van der Waals surface area contributed by atoms with Crippen molar-refractivity contribution < 1.29 is 0 Å². The number of anilines is 2. The van der Waals surface area contributed by atoms with Crippen molar-refractivity contribution in [2.45, 2.75) is 50.6 Å². The minimum absolute atomic E-state index is 0.457. The van der Waals surface area contributed by atoms with Gasteiger partial charge in [-0.1, -0.05) is 31.5 Å². The predicted molar refractivity (Wildman–Crippen MR) is 84.0 cm³/mol. The van der Waals surface area contributed by atoms with Crippen molar-refractivity contribution in [1.82, 2.24) is 15.0 Å². The van der Waals surface area contributed by atoms with Gasteiger partial charge in [-0.2, -0.15) is 15.0 Å². The Morgan fingerprint density at radius 2 is 1.95 bits per heavy atom. The molecule has 7 heteroatoms. The third-order valence-corrected chi connectivity index (χ3v) is 4.28. The van der Waals surface area contributed by atoms with Crippen LogP contribution in [0.15, 0.2) is 5.16 Å². The van der Waals surface area contributed by atoms with Crippen LogP contribution in [0.25, 0.3) is 0 Å². The number of nitrogens with two attached hydrogens (primary N) is 1. The van der Waals surface area contributed by atoms with Crippen LogP contribution in [0, 0.1) is 0 Å². The topological polar surface area (TPSA) is 80.0 Å². The number of hydrogen-bond acceptors (Lipinski definition) is 7. The summed E-state index contributed by atoms with van der Waals surface area (Å²) in [6, 6.07) is 0. The van der Waals surface area contributed by atoms with Gasteiger partial charge in [0.25, 0.3) is 0 Å². The van der Waals surface area contributed by atoms with Crippen LogP contribution < -0.4 is 16.2 Å². The van der Waals surface area contributed by atoms with Crippen LogP contribution in [-0.2, 0) is 0 Å². The average Bonchev–Trinajstić information content (AvgIpc) is 2.52. The van der Waals surface area contributed by atoms with Crippen LogP contribution in [0.4, 0.5) is 11.9 Å². The van der Waals surface area contributed by atoms with Gasteiger partial charge in [-0.05, 0) is 25.7 Å². The van der Waals surface area contributed by atoms with Crippen molar-refractivity contribution in [1.29, 1.82) is 0 Å². The zero-order valence-electron chi connectivity index (χ0n) is 12.1. The van der Waals surface area contributed by atoms with Crippen molar-refractivity contribution in [2.75, 3.05) is 29.2 Å². The van der Waals surface area contributed by atoms with Crippen molar-refractivity contribution in [2.24, 2.45) is 5.84 Å².